The molecule has 3 aliphatic rings. The summed E-state index contributed by atoms with van der Waals surface area (Å²) in [5.41, 5.74) is 0.00424. The van der Waals surface area contributed by atoms with E-state index in [9.17, 15) is 19.5 Å². The van der Waals surface area contributed by atoms with E-state index in [1.54, 1.807) is 6.07 Å². The third kappa shape index (κ3) is 4.37. The summed E-state index contributed by atoms with van der Waals surface area (Å²) in [6.07, 6.45) is 5.97. The topological polar surface area (TPSA) is 108 Å². The number of hydrogen-bond acceptors (Lipinski definition) is 3. The van der Waals surface area contributed by atoms with Gasteiger partial charge in [-0.15, -0.1) is 0 Å². The van der Waals surface area contributed by atoms with Crippen LogP contribution in [0.2, 0.25) is 10.0 Å². The molecule has 4 rings (SSSR count). The van der Waals surface area contributed by atoms with Crippen molar-refractivity contribution in [1.29, 1.82) is 0 Å². The molecule has 9 heteroatoms. The molecule has 3 fully saturated rings. The van der Waals surface area contributed by atoms with E-state index in [1.165, 1.54) is 37.8 Å². The Kier molecular flexibility index (Phi) is 6.11. The van der Waals surface area contributed by atoms with Crippen molar-refractivity contribution in [2.45, 2.75) is 44.2 Å². The quantitative estimate of drug-likeness (QED) is 0.529. The summed E-state index contributed by atoms with van der Waals surface area (Å²) >= 11 is 12.0. The second kappa shape index (κ2) is 8.63. The molecule has 0 saturated heterocycles. The van der Waals surface area contributed by atoms with Crippen LogP contribution < -0.4 is 16.0 Å². The summed E-state index contributed by atoms with van der Waals surface area (Å²) < 4.78 is 0. The molecular formula is C21H25Cl2N3O4. The highest BCUT2D eigenvalue weighted by molar-refractivity contribution is 6.39. The van der Waals surface area contributed by atoms with Crippen LogP contribution in [0.25, 0.3) is 0 Å². The number of carboxylic acid groups (broad SMARTS) is 1. The molecule has 6 atom stereocenters. The first-order valence-corrected chi connectivity index (χ1v) is 11.1. The maximum atomic E-state index is 12.5. The van der Waals surface area contributed by atoms with Gasteiger partial charge in [0.1, 0.15) is 6.04 Å². The Morgan fingerprint density at radius 1 is 1.00 bits per heavy atom. The Hall–Kier alpha value is -1.99. The average molecular weight is 454 g/mol. The number of amides is 3. The first kappa shape index (κ1) is 21.2. The fourth-order valence-electron chi connectivity index (χ4n) is 5.60. The van der Waals surface area contributed by atoms with Crippen molar-refractivity contribution in [2.24, 2.45) is 23.7 Å². The fourth-order valence-corrected chi connectivity index (χ4v) is 6.17. The van der Waals surface area contributed by atoms with Crippen LogP contribution in [-0.2, 0) is 4.79 Å². The molecule has 4 N–H and O–H groups in total. The smallest absolute Gasteiger partial charge is 0.328 e. The van der Waals surface area contributed by atoms with E-state index in [-0.39, 0.29) is 28.2 Å². The lowest BCUT2D eigenvalue weighted by molar-refractivity contribution is -0.139. The Bertz CT molecular complexity index is 842. The molecule has 0 radical (unpaired) electrons. The standard InChI is InChI=1S/C21H25Cl2N3O4/c22-14-2-1-3-15(23)18(14)19(27)25-17(20(28)29)9-24-21(30)26-16-8-12-5-10-4-11(12)7-13(16)6-10/h1-3,10-13,16-17H,4-9H2,(H,25,27)(H,28,29)(H2,24,26,30)/t10?,11?,12?,13?,16?,17-/m0/s1. The molecule has 0 heterocycles. The SMILES string of the molecule is O=C(NC[C@H](NC(=O)c1c(Cl)cccc1Cl)C(=O)O)NC1CC2CC3CC2CC1C3. The summed E-state index contributed by atoms with van der Waals surface area (Å²) in [6, 6.07) is 3.00. The van der Waals surface area contributed by atoms with Gasteiger partial charge in [-0.25, -0.2) is 9.59 Å². The van der Waals surface area contributed by atoms with Crippen molar-refractivity contribution in [3.8, 4) is 0 Å². The van der Waals surface area contributed by atoms with Gasteiger partial charge in [-0.3, -0.25) is 4.79 Å². The predicted octanol–water partition coefficient (Wildman–Crippen LogP) is 3.30. The van der Waals surface area contributed by atoms with Crippen molar-refractivity contribution in [3.63, 3.8) is 0 Å². The molecule has 1 aromatic carbocycles. The largest absolute Gasteiger partial charge is 0.480 e. The normalized spacial score (nSPS) is 29.9. The molecular weight excluding hydrogens is 429 g/mol. The molecule has 5 unspecified atom stereocenters. The van der Waals surface area contributed by atoms with Gasteiger partial charge < -0.3 is 21.1 Å². The van der Waals surface area contributed by atoms with Crippen molar-refractivity contribution >= 4 is 41.1 Å². The van der Waals surface area contributed by atoms with E-state index in [1.807, 2.05) is 0 Å². The number of fused-ring (bicyclic) bond motifs is 2. The first-order valence-electron chi connectivity index (χ1n) is 10.3. The third-order valence-corrected chi connectivity index (χ3v) is 7.51. The van der Waals surface area contributed by atoms with E-state index in [0.29, 0.717) is 11.8 Å². The Balaban J connectivity index is 1.31. The Morgan fingerprint density at radius 2 is 1.63 bits per heavy atom. The number of rotatable bonds is 6. The molecule has 3 amide bonds. The van der Waals surface area contributed by atoms with E-state index in [2.05, 4.69) is 16.0 Å². The van der Waals surface area contributed by atoms with Gasteiger partial charge in [0.05, 0.1) is 22.2 Å². The zero-order valence-corrected chi connectivity index (χ0v) is 17.9. The number of hydrogen-bond donors (Lipinski definition) is 4. The van der Waals surface area contributed by atoms with Crippen LogP contribution >= 0.6 is 23.2 Å². The Labute approximate surface area is 184 Å². The van der Waals surface area contributed by atoms with Gasteiger partial charge in [0.15, 0.2) is 0 Å². The second-order valence-corrected chi connectivity index (χ2v) is 9.56. The average Bonchev–Trinajstić information content (AvgIpc) is 2.89. The number of carbonyl (C=O) groups excluding carboxylic acids is 2. The summed E-state index contributed by atoms with van der Waals surface area (Å²) in [6.45, 7) is -0.249. The summed E-state index contributed by atoms with van der Waals surface area (Å²) in [7, 11) is 0. The van der Waals surface area contributed by atoms with E-state index in [4.69, 9.17) is 23.2 Å². The van der Waals surface area contributed by atoms with Gasteiger partial charge in [-0.1, -0.05) is 29.3 Å². The lowest BCUT2D eigenvalue weighted by Gasteiger charge is -2.40. The minimum atomic E-state index is -1.31. The van der Waals surface area contributed by atoms with Gasteiger partial charge in [-0.05, 0) is 67.9 Å². The number of halogens is 2. The zero-order chi connectivity index (χ0) is 21.4. The highest BCUT2D eigenvalue weighted by Gasteiger charge is 2.48. The Morgan fingerprint density at radius 3 is 2.30 bits per heavy atom. The summed E-state index contributed by atoms with van der Waals surface area (Å²) in [5.74, 6) is 0.858. The van der Waals surface area contributed by atoms with Crippen molar-refractivity contribution in [2.75, 3.05) is 6.54 Å². The lowest BCUT2D eigenvalue weighted by atomic mass is 9.69. The molecule has 7 nitrogen and oxygen atoms in total. The molecule has 30 heavy (non-hydrogen) atoms. The minimum Gasteiger partial charge on any atom is -0.480 e. The summed E-state index contributed by atoms with van der Waals surface area (Å²) in [4.78, 5) is 36.4. The van der Waals surface area contributed by atoms with E-state index in [0.717, 1.165) is 18.3 Å². The maximum Gasteiger partial charge on any atom is 0.328 e. The van der Waals surface area contributed by atoms with Crippen LogP contribution in [0.3, 0.4) is 0 Å². The molecule has 0 aliphatic heterocycles. The second-order valence-electron chi connectivity index (χ2n) is 8.75. The van der Waals surface area contributed by atoms with Gasteiger partial charge >= 0.3 is 12.0 Å². The van der Waals surface area contributed by atoms with Crippen molar-refractivity contribution in [3.05, 3.63) is 33.8 Å². The number of nitrogens with one attached hydrogen (secondary N) is 3. The van der Waals surface area contributed by atoms with Crippen LogP contribution in [0.1, 0.15) is 42.5 Å². The number of urea groups is 1. The third-order valence-electron chi connectivity index (χ3n) is 6.88. The van der Waals surface area contributed by atoms with Crippen molar-refractivity contribution in [1.82, 2.24) is 16.0 Å². The molecule has 162 valence electrons. The summed E-state index contributed by atoms with van der Waals surface area (Å²) in [5, 5.41) is 17.7. The molecule has 3 bridgehead atoms. The highest BCUT2D eigenvalue weighted by Crippen LogP contribution is 2.55. The fraction of sp³-hybridized carbons (Fsp3) is 0.571. The number of aliphatic carboxylic acids is 1. The van der Waals surface area contributed by atoms with Crippen LogP contribution in [0.4, 0.5) is 4.79 Å². The monoisotopic (exact) mass is 453 g/mol. The molecule has 0 aromatic heterocycles. The minimum absolute atomic E-state index is 0.00424. The van der Waals surface area contributed by atoms with E-state index >= 15 is 0 Å². The van der Waals surface area contributed by atoms with Gasteiger partial charge in [-0.2, -0.15) is 0 Å². The van der Waals surface area contributed by atoms with Gasteiger partial charge in [0.25, 0.3) is 5.91 Å². The first-order chi connectivity index (χ1) is 14.3. The molecule has 3 saturated carbocycles. The van der Waals surface area contributed by atoms with Gasteiger partial charge in [0.2, 0.25) is 0 Å². The predicted molar refractivity (Wildman–Crippen MR) is 113 cm³/mol. The van der Waals surface area contributed by atoms with Crippen LogP contribution in [0.15, 0.2) is 18.2 Å². The van der Waals surface area contributed by atoms with Crippen LogP contribution in [0.5, 0.6) is 0 Å². The number of carboxylic acids is 1. The van der Waals surface area contributed by atoms with Crippen molar-refractivity contribution < 1.29 is 19.5 Å². The molecule has 0 spiro atoms. The van der Waals surface area contributed by atoms with Gasteiger partial charge in [0, 0.05) is 6.04 Å². The maximum absolute atomic E-state index is 12.5. The molecule has 3 aliphatic carbocycles. The number of carbonyl (C=O) groups is 3. The number of benzene rings is 1. The molecule has 1 aromatic rings. The highest BCUT2D eigenvalue weighted by atomic mass is 35.5. The zero-order valence-electron chi connectivity index (χ0n) is 16.4. The van der Waals surface area contributed by atoms with Crippen LogP contribution in [0, 0.1) is 23.7 Å². The van der Waals surface area contributed by atoms with Crippen LogP contribution in [-0.4, -0.2) is 41.6 Å². The lowest BCUT2D eigenvalue weighted by Crippen LogP contribution is -2.53. The van der Waals surface area contributed by atoms with E-state index < -0.39 is 23.9 Å².